The zero-order valence-electron chi connectivity index (χ0n) is 14.2. The number of nitrogens with zero attached hydrogens (tertiary/aromatic N) is 1. The lowest BCUT2D eigenvalue weighted by Crippen LogP contribution is -2.48. The molecule has 1 fully saturated rings. The molecule has 2 rings (SSSR count). The number of carbonyl (C=O) groups is 2. The summed E-state index contributed by atoms with van der Waals surface area (Å²) in [6, 6.07) is 10.2. The number of amides is 2. The van der Waals surface area contributed by atoms with Gasteiger partial charge in [0.25, 0.3) is 0 Å². The number of benzene rings is 1. The lowest BCUT2D eigenvalue weighted by Gasteiger charge is -2.33. The lowest BCUT2D eigenvalue weighted by atomic mass is 10.0. The number of aryl methyl sites for hydroxylation is 1. The molecular weight excluding hydrogens is 326 g/mol. The summed E-state index contributed by atoms with van der Waals surface area (Å²) in [7, 11) is 0. The molecule has 0 aromatic heterocycles. The summed E-state index contributed by atoms with van der Waals surface area (Å²) in [4.78, 5) is 26.0. The van der Waals surface area contributed by atoms with Crippen LogP contribution in [0.2, 0.25) is 0 Å². The Kier molecular flexibility index (Phi) is 8.79. The Hall–Kier alpha value is -1.59. The molecule has 1 saturated heterocycles. The van der Waals surface area contributed by atoms with Crippen molar-refractivity contribution in [2.45, 2.75) is 38.6 Å². The Balaban J connectivity index is 0.00000288. The maximum Gasteiger partial charge on any atom is 0.224 e. The number of halogens is 1. The van der Waals surface area contributed by atoms with Crippen LogP contribution in [-0.4, -0.2) is 42.4 Å². The van der Waals surface area contributed by atoms with Gasteiger partial charge in [0, 0.05) is 38.0 Å². The largest absolute Gasteiger partial charge is 0.353 e. The highest BCUT2D eigenvalue weighted by molar-refractivity contribution is 5.85. The molecule has 6 heteroatoms. The molecular formula is C18H28ClN3O2. The van der Waals surface area contributed by atoms with E-state index in [2.05, 4.69) is 5.32 Å². The molecule has 134 valence electrons. The van der Waals surface area contributed by atoms with Crippen LogP contribution in [0.5, 0.6) is 0 Å². The molecule has 1 heterocycles. The first-order valence-electron chi connectivity index (χ1n) is 8.42. The third-order valence-corrected chi connectivity index (χ3v) is 4.47. The van der Waals surface area contributed by atoms with Crippen molar-refractivity contribution < 1.29 is 9.59 Å². The van der Waals surface area contributed by atoms with Crippen molar-refractivity contribution in [2.24, 2.45) is 11.7 Å². The van der Waals surface area contributed by atoms with Crippen molar-refractivity contribution in [3.8, 4) is 0 Å². The van der Waals surface area contributed by atoms with E-state index in [1.807, 2.05) is 42.2 Å². The van der Waals surface area contributed by atoms with Gasteiger partial charge in [0.2, 0.25) is 11.8 Å². The minimum absolute atomic E-state index is 0. The Morgan fingerprint density at radius 1 is 1.25 bits per heavy atom. The molecule has 1 aliphatic heterocycles. The van der Waals surface area contributed by atoms with Gasteiger partial charge < -0.3 is 16.0 Å². The van der Waals surface area contributed by atoms with Gasteiger partial charge >= 0.3 is 0 Å². The predicted octanol–water partition coefficient (Wildman–Crippen LogP) is 1.74. The van der Waals surface area contributed by atoms with E-state index in [0.717, 1.165) is 32.4 Å². The smallest absolute Gasteiger partial charge is 0.224 e. The maximum absolute atomic E-state index is 12.3. The summed E-state index contributed by atoms with van der Waals surface area (Å²) in [5.41, 5.74) is 6.70. The summed E-state index contributed by atoms with van der Waals surface area (Å²) in [5, 5.41) is 3.03. The van der Waals surface area contributed by atoms with E-state index >= 15 is 0 Å². The molecule has 1 unspecified atom stereocenters. The van der Waals surface area contributed by atoms with Crippen LogP contribution in [0.15, 0.2) is 30.3 Å². The fourth-order valence-corrected chi connectivity index (χ4v) is 2.78. The monoisotopic (exact) mass is 353 g/mol. The van der Waals surface area contributed by atoms with Gasteiger partial charge in [-0.1, -0.05) is 37.3 Å². The van der Waals surface area contributed by atoms with Crippen LogP contribution < -0.4 is 11.1 Å². The van der Waals surface area contributed by atoms with Crippen LogP contribution in [0, 0.1) is 5.92 Å². The first-order chi connectivity index (χ1) is 11.1. The van der Waals surface area contributed by atoms with E-state index < -0.39 is 0 Å². The molecule has 2 amide bonds. The summed E-state index contributed by atoms with van der Waals surface area (Å²) in [5.74, 6) is 0.0656. The molecule has 0 bridgehead atoms. The maximum atomic E-state index is 12.3. The second-order valence-electron chi connectivity index (χ2n) is 6.29. The van der Waals surface area contributed by atoms with Crippen molar-refractivity contribution in [3.63, 3.8) is 0 Å². The minimum Gasteiger partial charge on any atom is -0.353 e. The number of hydrogen-bond donors (Lipinski definition) is 2. The molecule has 24 heavy (non-hydrogen) atoms. The number of piperidine rings is 1. The molecule has 0 saturated carbocycles. The normalized spacial score (nSPS) is 16.2. The Bertz CT molecular complexity index is 516. The first-order valence-corrected chi connectivity index (χ1v) is 8.42. The number of nitrogens with one attached hydrogen (secondary N) is 1. The van der Waals surface area contributed by atoms with E-state index in [0.29, 0.717) is 13.0 Å². The summed E-state index contributed by atoms with van der Waals surface area (Å²) < 4.78 is 0. The summed E-state index contributed by atoms with van der Waals surface area (Å²) in [6.45, 7) is 3.63. The predicted molar refractivity (Wildman–Crippen MR) is 98.0 cm³/mol. The van der Waals surface area contributed by atoms with Gasteiger partial charge in [-0.15, -0.1) is 12.4 Å². The first kappa shape index (κ1) is 20.5. The Morgan fingerprint density at radius 2 is 1.88 bits per heavy atom. The molecule has 0 radical (unpaired) electrons. The topological polar surface area (TPSA) is 75.4 Å². The van der Waals surface area contributed by atoms with Crippen LogP contribution in [0.4, 0.5) is 0 Å². The van der Waals surface area contributed by atoms with Gasteiger partial charge in [-0.3, -0.25) is 9.59 Å². The lowest BCUT2D eigenvalue weighted by molar-refractivity contribution is -0.132. The molecule has 1 aromatic rings. The fraction of sp³-hybridized carbons (Fsp3) is 0.556. The van der Waals surface area contributed by atoms with Crippen molar-refractivity contribution >= 4 is 24.2 Å². The van der Waals surface area contributed by atoms with Crippen LogP contribution in [-0.2, 0) is 16.0 Å². The average molecular weight is 354 g/mol. The van der Waals surface area contributed by atoms with Crippen molar-refractivity contribution in [3.05, 3.63) is 35.9 Å². The van der Waals surface area contributed by atoms with Crippen molar-refractivity contribution in [2.75, 3.05) is 19.6 Å². The average Bonchev–Trinajstić information content (AvgIpc) is 2.60. The number of hydrogen-bond acceptors (Lipinski definition) is 3. The highest BCUT2D eigenvalue weighted by atomic mass is 35.5. The van der Waals surface area contributed by atoms with Crippen molar-refractivity contribution in [1.29, 1.82) is 0 Å². The molecule has 1 aliphatic rings. The highest BCUT2D eigenvalue weighted by Gasteiger charge is 2.24. The molecule has 0 spiro atoms. The van der Waals surface area contributed by atoms with Crippen LogP contribution in [0.3, 0.4) is 0 Å². The van der Waals surface area contributed by atoms with E-state index in [1.165, 1.54) is 5.56 Å². The highest BCUT2D eigenvalue weighted by Crippen LogP contribution is 2.13. The van der Waals surface area contributed by atoms with Gasteiger partial charge in [-0.25, -0.2) is 0 Å². The van der Waals surface area contributed by atoms with Gasteiger partial charge in [-0.05, 0) is 24.8 Å². The van der Waals surface area contributed by atoms with Crippen LogP contribution in [0.25, 0.3) is 0 Å². The van der Waals surface area contributed by atoms with Gasteiger partial charge in [0.05, 0.1) is 0 Å². The number of likely N-dealkylation sites (tertiary alicyclic amines) is 1. The molecule has 0 aliphatic carbocycles. The standard InChI is InChI=1S/C18H27N3O2.ClH/c1-14(13-19)18(23)20-16-9-11-21(12-10-16)17(22)8-7-15-5-3-2-4-6-15;/h2-6,14,16H,7-13,19H2,1H3,(H,20,23);1H. The van der Waals surface area contributed by atoms with Gasteiger partial charge in [0.1, 0.15) is 0 Å². The molecule has 1 atom stereocenters. The zero-order valence-corrected chi connectivity index (χ0v) is 15.1. The number of rotatable bonds is 6. The second kappa shape index (κ2) is 10.3. The van der Waals surface area contributed by atoms with E-state index in [-0.39, 0.29) is 36.2 Å². The van der Waals surface area contributed by atoms with E-state index in [9.17, 15) is 9.59 Å². The van der Waals surface area contributed by atoms with E-state index in [4.69, 9.17) is 5.73 Å². The van der Waals surface area contributed by atoms with Gasteiger partial charge in [-0.2, -0.15) is 0 Å². The molecule has 5 nitrogen and oxygen atoms in total. The fourth-order valence-electron chi connectivity index (χ4n) is 2.78. The van der Waals surface area contributed by atoms with E-state index in [1.54, 1.807) is 0 Å². The van der Waals surface area contributed by atoms with Crippen LogP contribution in [0.1, 0.15) is 31.7 Å². The van der Waals surface area contributed by atoms with Crippen molar-refractivity contribution in [1.82, 2.24) is 10.2 Å². The molecule has 3 N–H and O–H groups in total. The number of nitrogens with two attached hydrogens (primary N) is 1. The zero-order chi connectivity index (χ0) is 16.7. The quantitative estimate of drug-likeness (QED) is 0.818. The third kappa shape index (κ3) is 6.13. The minimum atomic E-state index is -0.152. The molecule has 1 aromatic carbocycles. The Morgan fingerprint density at radius 3 is 2.46 bits per heavy atom. The summed E-state index contributed by atoms with van der Waals surface area (Å²) in [6.07, 6.45) is 2.97. The Labute approximate surface area is 150 Å². The summed E-state index contributed by atoms with van der Waals surface area (Å²) >= 11 is 0. The van der Waals surface area contributed by atoms with Gasteiger partial charge in [0.15, 0.2) is 0 Å². The second-order valence-corrected chi connectivity index (χ2v) is 6.29. The van der Waals surface area contributed by atoms with Crippen LogP contribution >= 0.6 is 12.4 Å². The SMILES string of the molecule is CC(CN)C(=O)NC1CCN(C(=O)CCc2ccccc2)CC1.Cl. The number of carbonyl (C=O) groups excluding carboxylic acids is 2. The third-order valence-electron chi connectivity index (χ3n) is 4.47.